The van der Waals surface area contributed by atoms with E-state index in [4.69, 9.17) is 0 Å². The van der Waals surface area contributed by atoms with Crippen LogP contribution in [0.2, 0.25) is 0 Å². The summed E-state index contributed by atoms with van der Waals surface area (Å²) in [4.78, 5) is 58.1. The first-order valence-corrected chi connectivity index (χ1v) is 15.3. The third-order valence-electron chi connectivity index (χ3n) is 9.75. The second kappa shape index (κ2) is 12.0. The van der Waals surface area contributed by atoms with Crippen LogP contribution in [0.4, 0.5) is 14.5 Å². The SMILES string of the molecule is O=C1CCC(N2C(=O)c3cccc(N4CCC(CN5CCC(C(F)(F)CN6CCNCC6)CC5)CC4)c3C2=O)C(=O)N1. The molecule has 4 amide bonds. The van der Waals surface area contributed by atoms with Crippen molar-refractivity contribution < 1.29 is 28.0 Å². The first-order valence-electron chi connectivity index (χ1n) is 15.3. The Morgan fingerprint density at radius 3 is 2.24 bits per heavy atom. The second-order valence-electron chi connectivity index (χ2n) is 12.4. The zero-order valence-electron chi connectivity index (χ0n) is 24.0. The first kappa shape index (κ1) is 29.1. The van der Waals surface area contributed by atoms with Crippen LogP contribution in [0.1, 0.15) is 59.2 Å². The number of piperidine rings is 3. The molecule has 1 aromatic rings. The van der Waals surface area contributed by atoms with Crippen LogP contribution in [-0.2, 0) is 9.59 Å². The molecule has 5 aliphatic rings. The highest BCUT2D eigenvalue weighted by atomic mass is 19.3. The molecule has 4 saturated heterocycles. The van der Waals surface area contributed by atoms with E-state index in [2.05, 4.69) is 20.4 Å². The summed E-state index contributed by atoms with van der Waals surface area (Å²) in [6.45, 7) is 6.49. The van der Waals surface area contributed by atoms with Gasteiger partial charge < -0.3 is 15.1 Å². The van der Waals surface area contributed by atoms with Crippen molar-refractivity contribution in [3.8, 4) is 0 Å². The summed E-state index contributed by atoms with van der Waals surface area (Å²) in [5, 5.41) is 5.46. The summed E-state index contributed by atoms with van der Waals surface area (Å²) in [6.07, 6.45) is 3.06. The molecule has 0 radical (unpaired) electrons. The minimum Gasteiger partial charge on any atom is -0.371 e. The number of hydrogen-bond acceptors (Lipinski definition) is 8. The van der Waals surface area contributed by atoms with Gasteiger partial charge in [-0.15, -0.1) is 0 Å². The van der Waals surface area contributed by atoms with Gasteiger partial charge in [0.05, 0.1) is 23.4 Å². The smallest absolute Gasteiger partial charge is 0.264 e. The minimum absolute atomic E-state index is 0.0841. The monoisotopic (exact) mass is 586 g/mol. The van der Waals surface area contributed by atoms with E-state index in [0.717, 1.165) is 50.5 Å². The number of anilines is 1. The van der Waals surface area contributed by atoms with Gasteiger partial charge in [-0.05, 0) is 63.2 Å². The topological polar surface area (TPSA) is 105 Å². The maximum absolute atomic E-state index is 15.0. The number of imide groups is 2. The molecule has 6 rings (SSSR count). The van der Waals surface area contributed by atoms with E-state index in [1.165, 1.54) is 0 Å². The molecule has 5 aliphatic heterocycles. The van der Waals surface area contributed by atoms with E-state index < -0.39 is 41.5 Å². The van der Waals surface area contributed by atoms with Gasteiger partial charge >= 0.3 is 0 Å². The maximum Gasteiger partial charge on any atom is 0.264 e. The number of fused-ring (bicyclic) bond motifs is 1. The van der Waals surface area contributed by atoms with Crippen molar-refractivity contribution in [3.05, 3.63) is 29.3 Å². The summed E-state index contributed by atoms with van der Waals surface area (Å²) < 4.78 is 30.1. The number of halogens is 2. The van der Waals surface area contributed by atoms with Crippen molar-refractivity contribution in [3.63, 3.8) is 0 Å². The molecule has 4 fully saturated rings. The molecule has 12 heteroatoms. The number of carbonyl (C=O) groups excluding carboxylic acids is 4. The lowest BCUT2D eigenvalue weighted by atomic mass is 9.88. The van der Waals surface area contributed by atoms with Crippen molar-refractivity contribution in [2.24, 2.45) is 11.8 Å². The van der Waals surface area contributed by atoms with Crippen LogP contribution in [0.25, 0.3) is 0 Å². The number of benzene rings is 1. The Balaban J connectivity index is 1.02. The molecule has 1 unspecified atom stereocenters. The van der Waals surface area contributed by atoms with Gasteiger partial charge in [0.1, 0.15) is 6.04 Å². The number of nitrogens with one attached hydrogen (secondary N) is 2. The molecule has 0 spiro atoms. The van der Waals surface area contributed by atoms with Crippen LogP contribution >= 0.6 is 0 Å². The molecule has 0 saturated carbocycles. The molecule has 1 aromatic carbocycles. The molecule has 2 N–H and O–H groups in total. The van der Waals surface area contributed by atoms with E-state index in [1.807, 2.05) is 11.0 Å². The largest absolute Gasteiger partial charge is 0.371 e. The van der Waals surface area contributed by atoms with Gasteiger partial charge in [0.25, 0.3) is 17.7 Å². The molecular weight excluding hydrogens is 546 g/mol. The van der Waals surface area contributed by atoms with Crippen LogP contribution in [0.15, 0.2) is 18.2 Å². The van der Waals surface area contributed by atoms with Crippen LogP contribution < -0.4 is 15.5 Å². The van der Waals surface area contributed by atoms with Gasteiger partial charge in [0.15, 0.2) is 0 Å². The molecule has 0 bridgehead atoms. The zero-order valence-corrected chi connectivity index (χ0v) is 24.0. The minimum atomic E-state index is -2.66. The molecule has 0 aliphatic carbocycles. The fraction of sp³-hybridized carbons (Fsp3) is 0.667. The molecular formula is C30H40F2N6O4. The quantitative estimate of drug-likeness (QED) is 0.464. The van der Waals surface area contributed by atoms with Crippen molar-refractivity contribution in [2.75, 3.05) is 70.3 Å². The first-order chi connectivity index (χ1) is 20.2. The predicted molar refractivity (Wildman–Crippen MR) is 151 cm³/mol. The van der Waals surface area contributed by atoms with Crippen LogP contribution in [0.3, 0.4) is 0 Å². The van der Waals surface area contributed by atoms with Gasteiger partial charge in [0, 0.05) is 58.2 Å². The van der Waals surface area contributed by atoms with Crippen molar-refractivity contribution in [1.29, 1.82) is 0 Å². The molecule has 0 aromatic heterocycles. The highest BCUT2D eigenvalue weighted by Gasteiger charge is 2.46. The molecule has 42 heavy (non-hydrogen) atoms. The Hall–Kier alpha value is -2.96. The molecule has 1 atom stereocenters. The van der Waals surface area contributed by atoms with E-state index in [-0.39, 0.29) is 19.4 Å². The highest BCUT2D eigenvalue weighted by Crippen LogP contribution is 2.37. The summed E-state index contributed by atoms with van der Waals surface area (Å²) in [6, 6.07) is 4.25. The number of nitrogens with zero attached hydrogens (tertiary/aromatic N) is 4. The van der Waals surface area contributed by atoms with Crippen LogP contribution in [0.5, 0.6) is 0 Å². The lowest BCUT2D eigenvalue weighted by molar-refractivity contribution is -0.136. The van der Waals surface area contributed by atoms with Crippen molar-refractivity contribution in [2.45, 2.75) is 50.5 Å². The highest BCUT2D eigenvalue weighted by molar-refractivity contribution is 6.25. The summed E-state index contributed by atoms with van der Waals surface area (Å²) in [7, 11) is 0. The average molecular weight is 587 g/mol. The number of alkyl halides is 2. The summed E-state index contributed by atoms with van der Waals surface area (Å²) in [5.74, 6) is -4.78. The third-order valence-corrected chi connectivity index (χ3v) is 9.75. The lowest BCUT2D eigenvalue weighted by Crippen LogP contribution is -2.54. The van der Waals surface area contributed by atoms with Crippen LogP contribution in [-0.4, -0.2) is 116 Å². The number of rotatable bonds is 7. The number of hydrogen-bond donors (Lipinski definition) is 2. The Bertz CT molecular complexity index is 1220. The van der Waals surface area contributed by atoms with Crippen molar-refractivity contribution >= 4 is 29.3 Å². The maximum atomic E-state index is 15.0. The van der Waals surface area contributed by atoms with Gasteiger partial charge in [-0.2, -0.15) is 0 Å². The fourth-order valence-electron chi connectivity index (χ4n) is 7.32. The fourth-order valence-corrected chi connectivity index (χ4v) is 7.32. The number of piperazine rings is 1. The lowest BCUT2D eigenvalue weighted by Gasteiger charge is -2.41. The van der Waals surface area contributed by atoms with E-state index in [0.29, 0.717) is 61.8 Å². The zero-order chi connectivity index (χ0) is 29.4. The second-order valence-corrected chi connectivity index (χ2v) is 12.4. The number of amides is 4. The van der Waals surface area contributed by atoms with Crippen LogP contribution in [0, 0.1) is 11.8 Å². The Labute approximate surface area is 244 Å². The van der Waals surface area contributed by atoms with Gasteiger partial charge in [-0.1, -0.05) is 6.07 Å². The Kier molecular flexibility index (Phi) is 8.30. The van der Waals surface area contributed by atoms with Gasteiger partial charge in [-0.3, -0.25) is 34.3 Å². The Morgan fingerprint density at radius 1 is 0.833 bits per heavy atom. The number of likely N-dealkylation sites (tertiary alicyclic amines) is 1. The predicted octanol–water partition coefficient (Wildman–Crippen LogP) is 1.56. The summed E-state index contributed by atoms with van der Waals surface area (Å²) >= 11 is 0. The Morgan fingerprint density at radius 2 is 1.55 bits per heavy atom. The van der Waals surface area contributed by atoms with Gasteiger partial charge in [-0.25, -0.2) is 8.78 Å². The average Bonchev–Trinajstić information content (AvgIpc) is 3.24. The van der Waals surface area contributed by atoms with E-state index in [9.17, 15) is 19.2 Å². The molecule has 5 heterocycles. The normalized spacial score (nSPS) is 25.7. The summed E-state index contributed by atoms with van der Waals surface area (Å²) in [5.41, 5.74) is 1.32. The van der Waals surface area contributed by atoms with E-state index in [1.54, 1.807) is 12.1 Å². The third kappa shape index (κ3) is 5.80. The standard InChI is InChI=1S/C30H40F2N6O4/c31-30(32,19-36-16-10-33-11-17-36)21-8-12-35(13-9-21)18-20-6-14-37(15-7-20)23-3-1-2-22-26(23)29(42)38(28(22)41)24-4-5-25(39)34-27(24)40/h1-3,20-21,24,33H,4-19H2,(H,34,39,40). The van der Waals surface area contributed by atoms with Crippen molar-refractivity contribution in [1.82, 2.24) is 25.3 Å². The number of carbonyl (C=O) groups is 4. The van der Waals surface area contributed by atoms with E-state index >= 15 is 8.78 Å². The van der Waals surface area contributed by atoms with Gasteiger partial charge in [0.2, 0.25) is 11.8 Å². The molecule has 228 valence electrons. The molecule has 10 nitrogen and oxygen atoms in total.